The van der Waals surface area contributed by atoms with Crippen molar-refractivity contribution in [2.75, 3.05) is 0 Å². The zero-order valence-electron chi connectivity index (χ0n) is 18.0. The molecule has 0 aliphatic heterocycles. The quantitative estimate of drug-likeness (QED) is 0.433. The van der Waals surface area contributed by atoms with Gasteiger partial charge in [0, 0.05) is 0 Å². The smallest absolute Gasteiger partial charge is 0.0260 e. The highest BCUT2D eigenvalue weighted by atomic mass is 14.4. The molecule has 2 aliphatic carbocycles. The summed E-state index contributed by atoms with van der Waals surface area (Å²) in [5.74, 6) is 4.19. The molecule has 0 unspecified atom stereocenters. The first-order chi connectivity index (χ1) is 13.3. The maximum Gasteiger partial charge on any atom is -0.0260 e. The average Bonchev–Trinajstić information content (AvgIpc) is 2.73. The Labute approximate surface area is 168 Å². The number of aryl methyl sites for hydroxylation is 1. The topological polar surface area (TPSA) is 0 Å². The van der Waals surface area contributed by atoms with Gasteiger partial charge in [-0.2, -0.15) is 0 Å². The first-order valence-electron chi connectivity index (χ1n) is 12.0. The standard InChI is InChI=1S/C27H42/c1-3-7-23-14-18-26(19-15-23)27-20-16-25(17-21-27)9-6-5-8-24-12-10-22(4-2)11-13-24/h5,8,10-13,23,25-27H,3-4,6-7,9,14-21H2,1-2H3/b8-5-. The van der Waals surface area contributed by atoms with Gasteiger partial charge in [-0.05, 0) is 79.7 Å². The predicted octanol–water partition coefficient (Wildman–Crippen LogP) is 8.46. The molecular weight excluding hydrogens is 324 g/mol. The maximum atomic E-state index is 2.40. The summed E-state index contributed by atoms with van der Waals surface area (Å²) in [6.45, 7) is 4.57. The molecule has 2 fully saturated rings. The first kappa shape index (κ1) is 20.7. The molecule has 27 heavy (non-hydrogen) atoms. The van der Waals surface area contributed by atoms with Crippen LogP contribution in [0, 0.1) is 23.7 Å². The fourth-order valence-electron chi connectivity index (χ4n) is 5.72. The van der Waals surface area contributed by atoms with Crippen molar-refractivity contribution >= 4 is 6.08 Å². The van der Waals surface area contributed by atoms with Crippen LogP contribution in [0.1, 0.15) is 102 Å². The molecule has 0 spiro atoms. The second-order valence-corrected chi connectivity index (χ2v) is 9.43. The molecule has 0 atom stereocenters. The van der Waals surface area contributed by atoms with E-state index in [9.17, 15) is 0 Å². The Morgan fingerprint density at radius 2 is 1.30 bits per heavy atom. The minimum absolute atomic E-state index is 0.991. The van der Waals surface area contributed by atoms with Crippen molar-refractivity contribution < 1.29 is 0 Å². The van der Waals surface area contributed by atoms with E-state index < -0.39 is 0 Å². The Hall–Kier alpha value is -1.04. The molecule has 0 nitrogen and oxygen atoms in total. The summed E-state index contributed by atoms with van der Waals surface area (Å²) in [6, 6.07) is 9.04. The SMILES string of the molecule is CCCC1CCC(C2CCC(CC/C=C\c3ccc(CC)cc3)CC2)CC1. The lowest BCUT2D eigenvalue weighted by Gasteiger charge is -2.38. The third-order valence-corrected chi connectivity index (χ3v) is 7.59. The highest BCUT2D eigenvalue weighted by Gasteiger charge is 2.30. The van der Waals surface area contributed by atoms with E-state index in [0.717, 1.165) is 30.1 Å². The van der Waals surface area contributed by atoms with Gasteiger partial charge in [-0.15, -0.1) is 0 Å². The lowest BCUT2D eigenvalue weighted by Crippen LogP contribution is -2.25. The number of hydrogen-bond donors (Lipinski definition) is 0. The van der Waals surface area contributed by atoms with Gasteiger partial charge < -0.3 is 0 Å². The monoisotopic (exact) mass is 366 g/mol. The lowest BCUT2D eigenvalue weighted by atomic mass is 9.68. The van der Waals surface area contributed by atoms with Crippen LogP contribution in [0.3, 0.4) is 0 Å². The van der Waals surface area contributed by atoms with Crippen molar-refractivity contribution in [3.8, 4) is 0 Å². The molecule has 0 bridgehead atoms. The first-order valence-corrected chi connectivity index (χ1v) is 12.0. The van der Waals surface area contributed by atoms with Crippen molar-refractivity contribution in [1.82, 2.24) is 0 Å². The number of benzene rings is 1. The van der Waals surface area contributed by atoms with E-state index in [0.29, 0.717) is 0 Å². The molecule has 3 rings (SSSR count). The maximum absolute atomic E-state index is 2.40. The van der Waals surface area contributed by atoms with Gasteiger partial charge in [0.15, 0.2) is 0 Å². The van der Waals surface area contributed by atoms with E-state index in [4.69, 9.17) is 0 Å². The Morgan fingerprint density at radius 3 is 1.81 bits per heavy atom. The number of allylic oxidation sites excluding steroid dienone is 1. The molecule has 0 radical (unpaired) electrons. The highest BCUT2D eigenvalue weighted by molar-refractivity contribution is 5.49. The lowest BCUT2D eigenvalue weighted by molar-refractivity contribution is 0.141. The van der Waals surface area contributed by atoms with Gasteiger partial charge in [-0.3, -0.25) is 0 Å². The van der Waals surface area contributed by atoms with Crippen LogP contribution in [0.2, 0.25) is 0 Å². The van der Waals surface area contributed by atoms with E-state index in [-0.39, 0.29) is 0 Å². The fourth-order valence-corrected chi connectivity index (χ4v) is 5.72. The molecule has 0 amide bonds. The van der Waals surface area contributed by atoms with Crippen molar-refractivity contribution in [3.05, 3.63) is 41.5 Å². The molecule has 0 aromatic heterocycles. The summed E-state index contributed by atoms with van der Waals surface area (Å²) < 4.78 is 0. The van der Waals surface area contributed by atoms with Gasteiger partial charge >= 0.3 is 0 Å². The third kappa shape index (κ3) is 6.51. The minimum Gasteiger partial charge on any atom is -0.0839 e. The summed E-state index contributed by atoms with van der Waals surface area (Å²) in [4.78, 5) is 0. The zero-order valence-corrected chi connectivity index (χ0v) is 18.0. The summed E-state index contributed by atoms with van der Waals surface area (Å²) in [5.41, 5.74) is 2.79. The number of hydrogen-bond acceptors (Lipinski definition) is 0. The second kappa shape index (κ2) is 11.1. The molecule has 2 saturated carbocycles. The number of rotatable bonds is 8. The summed E-state index contributed by atoms with van der Waals surface area (Å²) in [7, 11) is 0. The van der Waals surface area contributed by atoms with E-state index in [1.807, 2.05) is 0 Å². The van der Waals surface area contributed by atoms with E-state index in [1.165, 1.54) is 75.3 Å². The van der Waals surface area contributed by atoms with Gasteiger partial charge in [0.05, 0.1) is 0 Å². The fraction of sp³-hybridized carbons (Fsp3) is 0.704. The molecule has 2 aliphatic rings. The van der Waals surface area contributed by atoms with Crippen LogP contribution < -0.4 is 0 Å². The van der Waals surface area contributed by atoms with Crippen molar-refractivity contribution in [3.63, 3.8) is 0 Å². The van der Waals surface area contributed by atoms with Crippen LogP contribution in [0.5, 0.6) is 0 Å². The van der Waals surface area contributed by atoms with Crippen LogP contribution in [0.25, 0.3) is 6.08 Å². The van der Waals surface area contributed by atoms with Crippen LogP contribution in [-0.4, -0.2) is 0 Å². The van der Waals surface area contributed by atoms with Crippen LogP contribution >= 0.6 is 0 Å². The average molecular weight is 367 g/mol. The van der Waals surface area contributed by atoms with Gasteiger partial charge in [0.2, 0.25) is 0 Å². The van der Waals surface area contributed by atoms with Gasteiger partial charge in [-0.1, -0.05) is 88.8 Å². The van der Waals surface area contributed by atoms with Crippen LogP contribution in [-0.2, 0) is 6.42 Å². The van der Waals surface area contributed by atoms with Crippen molar-refractivity contribution in [2.24, 2.45) is 23.7 Å². The molecule has 1 aromatic rings. The largest absolute Gasteiger partial charge is 0.0839 e. The Morgan fingerprint density at radius 1 is 0.741 bits per heavy atom. The highest BCUT2D eigenvalue weighted by Crippen LogP contribution is 2.42. The Bertz CT molecular complexity index is 536. The van der Waals surface area contributed by atoms with Gasteiger partial charge in [-0.25, -0.2) is 0 Å². The van der Waals surface area contributed by atoms with E-state index in [2.05, 4.69) is 50.3 Å². The molecule has 0 heteroatoms. The molecule has 0 N–H and O–H groups in total. The van der Waals surface area contributed by atoms with Crippen molar-refractivity contribution in [1.29, 1.82) is 0 Å². The van der Waals surface area contributed by atoms with Gasteiger partial charge in [0.1, 0.15) is 0 Å². The van der Waals surface area contributed by atoms with Crippen LogP contribution in [0.4, 0.5) is 0 Å². The molecular formula is C27H42. The van der Waals surface area contributed by atoms with E-state index in [1.54, 1.807) is 12.8 Å². The van der Waals surface area contributed by atoms with Crippen molar-refractivity contribution in [2.45, 2.75) is 97.3 Å². The molecule has 0 saturated heterocycles. The molecule has 0 heterocycles. The van der Waals surface area contributed by atoms with E-state index >= 15 is 0 Å². The third-order valence-electron chi connectivity index (χ3n) is 7.59. The Balaban J connectivity index is 1.32. The second-order valence-electron chi connectivity index (χ2n) is 9.43. The van der Waals surface area contributed by atoms with Crippen LogP contribution in [0.15, 0.2) is 30.3 Å². The summed E-state index contributed by atoms with van der Waals surface area (Å²) in [6.07, 6.45) is 23.6. The predicted molar refractivity (Wildman–Crippen MR) is 120 cm³/mol. The molecule has 1 aromatic carbocycles. The zero-order chi connectivity index (χ0) is 18.9. The Kier molecular flexibility index (Phi) is 8.49. The summed E-state index contributed by atoms with van der Waals surface area (Å²) >= 11 is 0. The summed E-state index contributed by atoms with van der Waals surface area (Å²) in [5, 5.41) is 0. The minimum atomic E-state index is 0.991. The normalized spacial score (nSPS) is 29.3. The van der Waals surface area contributed by atoms with Gasteiger partial charge in [0.25, 0.3) is 0 Å². The molecule has 150 valence electrons.